The average molecular weight is 111 g/mol. The molecule has 0 unspecified atom stereocenters. The minimum Gasteiger partial charge on any atom is -0.366 e. The van der Waals surface area contributed by atoms with Crippen molar-refractivity contribution in [2.75, 3.05) is 0 Å². The van der Waals surface area contributed by atoms with Crippen LogP contribution in [-0.4, -0.2) is 0 Å². The molecule has 0 aliphatic carbocycles. The first-order valence-electron chi connectivity index (χ1n) is 2.87. The Labute approximate surface area is 51.1 Å². The minimum atomic E-state index is 1.04. The standard InChI is InChI=1S/C7H13N/c1-4-7(5-2)8-6-3/h4,6,8H,3,5H2,1-2H3/b7-4-. The zero-order valence-electron chi connectivity index (χ0n) is 5.57. The fourth-order valence-corrected chi connectivity index (χ4v) is 0.521. The molecule has 1 heteroatoms. The van der Waals surface area contributed by atoms with E-state index in [2.05, 4.69) is 18.8 Å². The summed E-state index contributed by atoms with van der Waals surface area (Å²) in [5.74, 6) is 0. The molecule has 0 saturated heterocycles. The maximum Gasteiger partial charge on any atom is 0.00999 e. The van der Waals surface area contributed by atoms with Gasteiger partial charge in [0.25, 0.3) is 0 Å². The summed E-state index contributed by atoms with van der Waals surface area (Å²) in [6.45, 7) is 7.66. The molecule has 0 rings (SSSR count). The second kappa shape index (κ2) is 4.44. The van der Waals surface area contributed by atoms with Crippen LogP contribution in [0.15, 0.2) is 24.6 Å². The molecule has 0 amide bonds. The Morgan fingerprint density at radius 3 is 2.50 bits per heavy atom. The summed E-state index contributed by atoms with van der Waals surface area (Å²) in [7, 11) is 0. The molecule has 0 aromatic carbocycles. The molecule has 46 valence electrons. The highest BCUT2D eigenvalue weighted by Crippen LogP contribution is 1.92. The molecule has 0 bridgehead atoms. The number of hydrogen-bond acceptors (Lipinski definition) is 1. The summed E-state index contributed by atoms with van der Waals surface area (Å²) < 4.78 is 0. The average Bonchev–Trinajstić information content (AvgIpc) is 1.83. The normalized spacial score (nSPS) is 11.0. The molecule has 0 radical (unpaired) electrons. The fraction of sp³-hybridized carbons (Fsp3) is 0.429. The third-order valence-corrected chi connectivity index (χ3v) is 1.02. The van der Waals surface area contributed by atoms with E-state index in [-0.39, 0.29) is 0 Å². The Bertz CT molecular complexity index is 92.6. The molecule has 0 spiro atoms. The van der Waals surface area contributed by atoms with Gasteiger partial charge in [-0.1, -0.05) is 19.6 Å². The largest absolute Gasteiger partial charge is 0.366 e. The van der Waals surface area contributed by atoms with Crippen LogP contribution in [0.4, 0.5) is 0 Å². The molecular weight excluding hydrogens is 98.1 g/mol. The summed E-state index contributed by atoms with van der Waals surface area (Å²) in [6, 6.07) is 0. The summed E-state index contributed by atoms with van der Waals surface area (Å²) in [6.07, 6.45) is 4.78. The van der Waals surface area contributed by atoms with E-state index >= 15 is 0 Å². The lowest BCUT2D eigenvalue weighted by atomic mass is 10.3. The SMILES string of the molecule is C=CN/C(=C\C)CC. The van der Waals surface area contributed by atoms with Gasteiger partial charge in [0, 0.05) is 5.70 Å². The van der Waals surface area contributed by atoms with E-state index < -0.39 is 0 Å². The molecule has 1 nitrogen and oxygen atoms in total. The van der Waals surface area contributed by atoms with Gasteiger partial charge in [-0.25, -0.2) is 0 Å². The van der Waals surface area contributed by atoms with E-state index in [1.54, 1.807) is 6.20 Å². The summed E-state index contributed by atoms with van der Waals surface area (Å²) in [5.41, 5.74) is 1.22. The summed E-state index contributed by atoms with van der Waals surface area (Å²) in [4.78, 5) is 0. The van der Waals surface area contributed by atoms with E-state index in [4.69, 9.17) is 0 Å². The maximum absolute atomic E-state index is 3.54. The van der Waals surface area contributed by atoms with Gasteiger partial charge in [0.15, 0.2) is 0 Å². The van der Waals surface area contributed by atoms with Crippen LogP contribution in [0, 0.1) is 0 Å². The quantitative estimate of drug-likeness (QED) is 0.587. The molecule has 0 aliphatic rings. The van der Waals surface area contributed by atoms with Gasteiger partial charge >= 0.3 is 0 Å². The zero-order chi connectivity index (χ0) is 6.41. The highest BCUT2D eigenvalue weighted by atomic mass is 14.8. The fourth-order valence-electron chi connectivity index (χ4n) is 0.521. The second-order valence-corrected chi connectivity index (χ2v) is 1.52. The van der Waals surface area contributed by atoms with Crippen molar-refractivity contribution in [2.45, 2.75) is 20.3 Å². The van der Waals surface area contributed by atoms with Crippen LogP contribution in [0.1, 0.15) is 20.3 Å². The first kappa shape index (κ1) is 7.28. The molecule has 0 fully saturated rings. The highest BCUT2D eigenvalue weighted by molar-refractivity contribution is 4.99. The highest BCUT2D eigenvalue weighted by Gasteiger charge is 1.81. The van der Waals surface area contributed by atoms with Gasteiger partial charge < -0.3 is 5.32 Å². The van der Waals surface area contributed by atoms with Crippen LogP contribution in [0.25, 0.3) is 0 Å². The minimum absolute atomic E-state index is 1.04. The smallest absolute Gasteiger partial charge is 0.00999 e. The van der Waals surface area contributed by atoms with E-state index in [1.165, 1.54) is 5.70 Å². The molecule has 0 aliphatic heterocycles. The van der Waals surface area contributed by atoms with Gasteiger partial charge in [0.1, 0.15) is 0 Å². The predicted octanol–water partition coefficient (Wildman–Crippen LogP) is 2.03. The van der Waals surface area contributed by atoms with Gasteiger partial charge in [-0.3, -0.25) is 0 Å². The number of hydrogen-bond donors (Lipinski definition) is 1. The lowest BCUT2D eigenvalue weighted by Crippen LogP contribution is -2.01. The van der Waals surface area contributed by atoms with E-state index in [0.717, 1.165) is 6.42 Å². The summed E-state index contributed by atoms with van der Waals surface area (Å²) in [5, 5.41) is 3.01. The van der Waals surface area contributed by atoms with Crippen LogP contribution in [0.5, 0.6) is 0 Å². The van der Waals surface area contributed by atoms with Crippen LogP contribution < -0.4 is 5.32 Å². The zero-order valence-corrected chi connectivity index (χ0v) is 5.57. The molecule has 1 N–H and O–H groups in total. The molecule has 0 aromatic rings. The molecule has 0 atom stereocenters. The first-order chi connectivity index (χ1) is 3.85. The van der Waals surface area contributed by atoms with Gasteiger partial charge in [0.2, 0.25) is 0 Å². The van der Waals surface area contributed by atoms with Gasteiger partial charge in [-0.2, -0.15) is 0 Å². The van der Waals surface area contributed by atoms with Crippen molar-refractivity contribution in [3.05, 3.63) is 24.6 Å². The lowest BCUT2D eigenvalue weighted by Gasteiger charge is -1.99. The van der Waals surface area contributed by atoms with Crippen molar-refractivity contribution >= 4 is 0 Å². The molecular formula is C7H13N. The van der Waals surface area contributed by atoms with Crippen molar-refractivity contribution in [1.82, 2.24) is 5.32 Å². The van der Waals surface area contributed by atoms with E-state index in [1.807, 2.05) is 13.0 Å². The Hall–Kier alpha value is -0.720. The number of allylic oxidation sites excluding steroid dienone is 2. The maximum atomic E-state index is 3.54. The van der Waals surface area contributed by atoms with Crippen molar-refractivity contribution in [3.8, 4) is 0 Å². The first-order valence-corrected chi connectivity index (χ1v) is 2.87. The van der Waals surface area contributed by atoms with Crippen molar-refractivity contribution in [2.24, 2.45) is 0 Å². The van der Waals surface area contributed by atoms with Crippen LogP contribution in [-0.2, 0) is 0 Å². The van der Waals surface area contributed by atoms with Gasteiger partial charge in [-0.05, 0) is 19.5 Å². The van der Waals surface area contributed by atoms with E-state index in [0.29, 0.717) is 0 Å². The molecule has 8 heavy (non-hydrogen) atoms. The third kappa shape index (κ3) is 2.45. The van der Waals surface area contributed by atoms with Gasteiger partial charge in [-0.15, -0.1) is 0 Å². The van der Waals surface area contributed by atoms with E-state index in [9.17, 15) is 0 Å². The number of nitrogens with one attached hydrogen (secondary N) is 1. The van der Waals surface area contributed by atoms with Crippen molar-refractivity contribution in [1.29, 1.82) is 0 Å². The lowest BCUT2D eigenvalue weighted by molar-refractivity contribution is 0.941. The third-order valence-electron chi connectivity index (χ3n) is 1.02. The Morgan fingerprint density at radius 2 is 2.38 bits per heavy atom. The van der Waals surface area contributed by atoms with Crippen LogP contribution in [0.3, 0.4) is 0 Å². The summed E-state index contributed by atoms with van der Waals surface area (Å²) >= 11 is 0. The predicted molar refractivity (Wildman–Crippen MR) is 37.4 cm³/mol. The second-order valence-electron chi connectivity index (χ2n) is 1.52. The number of rotatable bonds is 3. The Morgan fingerprint density at radius 1 is 1.75 bits per heavy atom. The van der Waals surface area contributed by atoms with Crippen LogP contribution in [0.2, 0.25) is 0 Å². The Kier molecular flexibility index (Phi) is 4.04. The van der Waals surface area contributed by atoms with Crippen LogP contribution >= 0.6 is 0 Å². The molecule has 0 saturated carbocycles. The molecule has 0 heterocycles. The van der Waals surface area contributed by atoms with Crippen molar-refractivity contribution < 1.29 is 0 Å². The Balaban J connectivity index is 3.53. The topological polar surface area (TPSA) is 12.0 Å². The monoisotopic (exact) mass is 111 g/mol. The van der Waals surface area contributed by atoms with Gasteiger partial charge in [0.05, 0.1) is 0 Å². The van der Waals surface area contributed by atoms with Crippen molar-refractivity contribution in [3.63, 3.8) is 0 Å². The molecule has 0 aromatic heterocycles.